The van der Waals surface area contributed by atoms with Gasteiger partial charge in [0.05, 0.1) is 12.4 Å². The monoisotopic (exact) mass is 215 g/mol. The second kappa shape index (κ2) is 5.23. The van der Waals surface area contributed by atoms with Gasteiger partial charge in [0.2, 0.25) is 0 Å². The summed E-state index contributed by atoms with van der Waals surface area (Å²) in [6.07, 6.45) is 3.32. The number of rotatable bonds is 4. The number of ether oxygens (including phenoxy) is 1. The van der Waals surface area contributed by atoms with Crippen molar-refractivity contribution in [2.24, 2.45) is 5.73 Å². The van der Waals surface area contributed by atoms with Gasteiger partial charge in [-0.15, -0.1) is 0 Å². The van der Waals surface area contributed by atoms with Crippen LogP contribution in [0, 0.1) is 0 Å². The summed E-state index contributed by atoms with van der Waals surface area (Å²) in [4.78, 5) is 8.45. The van der Waals surface area contributed by atoms with Gasteiger partial charge in [0.1, 0.15) is 6.61 Å². The van der Waals surface area contributed by atoms with Crippen molar-refractivity contribution >= 4 is 0 Å². The van der Waals surface area contributed by atoms with Crippen molar-refractivity contribution in [3.63, 3.8) is 0 Å². The quantitative estimate of drug-likeness (QED) is 0.839. The molecule has 0 amide bonds. The van der Waals surface area contributed by atoms with E-state index in [-0.39, 0.29) is 0 Å². The number of nitrogens with two attached hydrogens (primary N) is 1. The summed E-state index contributed by atoms with van der Waals surface area (Å²) in [7, 11) is 0. The van der Waals surface area contributed by atoms with Gasteiger partial charge >= 0.3 is 0 Å². The van der Waals surface area contributed by atoms with Gasteiger partial charge in [-0.05, 0) is 0 Å². The van der Waals surface area contributed by atoms with Crippen LogP contribution in [0.15, 0.2) is 42.7 Å². The molecule has 4 nitrogen and oxygen atoms in total. The standard InChI is InChI=1S/C12H13N3O/c13-6-7-16-11-8-14-12(15-9-11)10-4-2-1-3-5-10/h1-5,8-9H,6-7,13H2. The molecular formula is C12H13N3O. The van der Waals surface area contributed by atoms with E-state index in [0.717, 1.165) is 5.56 Å². The highest BCUT2D eigenvalue weighted by Gasteiger charge is 2.00. The Morgan fingerprint density at radius 2 is 1.75 bits per heavy atom. The van der Waals surface area contributed by atoms with Crippen molar-refractivity contribution in [2.45, 2.75) is 0 Å². The molecule has 0 fully saturated rings. The summed E-state index contributed by atoms with van der Waals surface area (Å²) in [5, 5.41) is 0. The molecule has 1 aromatic carbocycles. The maximum atomic E-state index is 5.33. The second-order valence-corrected chi connectivity index (χ2v) is 3.25. The fourth-order valence-corrected chi connectivity index (χ4v) is 1.30. The highest BCUT2D eigenvalue weighted by molar-refractivity contribution is 5.54. The highest BCUT2D eigenvalue weighted by atomic mass is 16.5. The Balaban J connectivity index is 2.13. The van der Waals surface area contributed by atoms with Crippen molar-refractivity contribution in [3.8, 4) is 17.1 Å². The van der Waals surface area contributed by atoms with E-state index in [1.807, 2.05) is 30.3 Å². The number of nitrogens with zero attached hydrogens (tertiary/aromatic N) is 2. The molecule has 2 N–H and O–H groups in total. The number of hydrogen-bond donors (Lipinski definition) is 1. The lowest BCUT2D eigenvalue weighted by atomic mass is 10.2. The van der Waals surface area contributed by atoms with E-state index in [2.05, 4.69) is 9.97 Å². The molecule has 0 saturated carbocycles. The van der Waals surface area contributed by atoms with Crippen LogP contribution >= 0.6 is 0 Å². The fraction of sp³-hybridized carbons (Fsp3) is 0.167. The van der Waals surface area contributed by atoms with Crippen LogP contribution in [0.2, 0.25) is 0 Å². The molecule has 0 saturated heterocycles. The molecule has 1 heterocycles. The maximum absolute atomic E-state index is 5.33. The van der Waals surface area contributed by atoms with Gasteiger partial charge in [-0.2, -0.15) is 0 Å². The largest absolute Gasteiger partial charge is 0.489 e. The third-order valence-electron chi connectivity index (χ3n) is 2.05. The van der Waals surface area contributed by atoms with Gasteiger partial charge in [-0.3, -0.25) is 0 Å². The lowest BCUT2D eigenvalue weighted by molar-refractivity contribution is 0.325. The molecule has 0 atom stereocenters. The van der Waals surface area contributed by atoms with Gasteiger partial charge in [-0.1, -0.05) is 30.3 Å². The summed E-state index contributed by atoms with van der Waals surface area (Å²) < 4.78 is 5.30. The minimum absolute atomic E-state index is 0.480. The molecule has 0 aliphatic carbocycles. The fourth-order valence-electron chi connectivity index (χ4n) is 1.30. The SMILES string of the molecule is NCCOc1cnc(-c2ccccc2)nc1. The first-order valence-corrected chi connectivity index (χ1v) is 5.10. The normalized spacial score (nSPS) is 10.1. The van der Waals surface area contributed by atoms with Crippen LogP contribution in [0.1, 0.15) is 0 Å². The minimum Gasteiger partial charge on any atom is -0.489 e. The predicted octanol–water partition coefficient (Wildman–Crippen LogP) is 1.48. The minimum atomic E-state index is 0.480. The first-order chi connectivity index (χ1) is 7.90. The van der Waals surface area contributed by atoms with Gasteiger partial charge in [-0.25, -0.2) is 9.97 Å². The van der Waals surface area contributed by atoms with E-state index in [1.54, 1.807) is 12.4 Å². The Morgan fingerprint density at radius 3 is 2.38 bits per heavy atom. The molecule has 1 aromatic heterocycles. The van der Waals surface area contributed by atoms with E-state index in [4.69, 9.17) is 10.5 Å². The Kier molecular flexibility index (Phi) is 3.46. The van der Waals surface area contributed by atoms with E-state index in [1.165, 1.54) is 0 Å². The van der Waals surface area contributed by atoms with Crippen LogP contribution < -0.4 is 10.5 Å². The summed E-state index contributed by atoms with van der Waals surface area (Å²) in [5.41, 5.74) is 6.32. The molecular weight excluding hydrogens is 202 g/mol. The Hall–Kier alpha value is -1.94. The molecule has 4 heteroatoms. The first kappa shape index (κ1) is 10.6. The van der Waals surface area contributed by atoms with Crippen molar-refractivity contribution < 1.29 is 4.74 Å². The summed E-state index contributed by atoms with van der Waals surface area (Å²) in [5.74, 6) is 1.34. The van der Waals surface area contributed by atoms with Gasteiger partial charge in [0.25, 0.3) is 0 Å². The molecule has 0 aliphatic rings. The zero-order valence-electron chi connectivity index (χ0n) is 8.84. The smallest absolute Gasteiger partial charge is 0.159 e. The lowest BCUT2D eigenvalue weighted by Gasteiger charge is -2.04. The third-order valence-corrected chi connectivity index (χ3v) is 2.05. The van der Waals surface area contributed by atoms with Crippen molar-refractivity contribution in [1.82, 2.24) is 9.97 Å². The Labute approximate surface area is 94.1 Å². The molecule has 0 unspecified atom stereocenters. The Morgan fingerprint density at radius 1 is 1.06 bits per heavy atom. The molecule has 0 spiro atoms. The van der Waals surface area contributed by atoms with Crippen LogP contribution in [0.3, 0.4) is 0 Å². The van der Waals surface area contributed by atoms with E-state index >= 15 is 0 Å². The van der Waals surface area contributed by atoms with Crippen molar-refractivity contribution in [1.29, 1.82) is 0 Å². The summed E-state index contributed by atoms with van der Waals surface area (Å²) in [6.45, 7) is 0.967. The van der Waals surface area contributed by atoms with Crippen LogP contribution in [-0.2, 0) is 0 Å². The van der Waals surface area contributed by atoms with Gasteiger partial charge < -0.3 is 10.5 Å². The van der Waals surface area contributed by atoms with Gasteiger partial charge in [0.15, 0.2) is 11.6 Å². The average molecular weight is 215 g/mol. The zero-order chi connectivity index (χ0) is 11.2. The molecule has 82 valence electrons. The first-order valence-electron chi connectivity index (χ1n) is 5.10. The molecule has 0 radical (unpaired) electrons. The molecule has 2 rings (SSSR count). The highest BCUT2D eigenvalue weighted by Crippen LogP contribution is 2.15. The third kappa shape index (κ3) is 2.55. The van der Waals surface area contributed by atoms with E-state index in [9.17, 15) is 0 Å². The van der Waals surface area contributed by atoms with Crippen LogP contribution in [0.25, 0.3) is 11.4 Å². The lowest BCUT2D eigenvalue weighted by Crippen LogP contribution is -2.10. The van der Waals surface area contributed by atoms with Crippen molar-refractivity contribution in [3.05, 3.63) is 42.7 Å². The Bertz CT molecular complexity index is 428. The molecule has 0 bridgehead atoms. The van der Waals surface area contributed by atoms with Crippen LogP contribution in [0.5, 0.6) is 5.75 Å². The topological polar surface area (TPSA) is 61.0 Å². The number of benzene rings is 1. The van der Waals surface area contributed by atoms with Crippen LogP contribution in [0.4, 0.5) is 0 Å². The number of hydrogen-bond acceptors (Lipinski definition) is 4. The molecule has 16 heavy (non-hydrogen) atoms. The average Bonchev–Trinajstić information content (AvgIpc) is 2.38. The molecule has 0 aliphatic heterocycles. The maximum Gasteiger partial charge on any atom is 0.159 e. The predicted molar refractivity (Wildman–Crippen MR) is 62.0 cm³/mol. The van der Waals surface area contributed by atoms with Gasteiger partial charge in [0, 0.05) is 12.1 Å². The van der Waals surface area contributed by atoms with Crippen LogP contribution in [-0.4, -0.2) is 23.1 Å². The summed E-state index contributed by atoms with van der Waals surface area (Å²) in [6, 6.07) is 9.81. The zero-order valence-corrected chi connectivity index (χ0v) is 8.84. The molecule has 2 aromatic rings. The van der Waals surface area contributed by atoms with Crippen molar-refractivity contribution in [2.75, 3.05) is 13.2 Å². The van der Waals surface area contributed by atoms with E-state index in [0.29, 0.717) is 24.7 Å². The number of aromatic nitrogens is 2. The summed E-state index contributed by atoms with van der Waals surface area (Å²) >= 11 is 0. The second-order valence-electron chi connectivity index (χ2n) is 3.25. The van der Waals surface area contributed by atoms with E-state index < -0.39 is 0 Å².